The van der Waals surface area contributed by atoms with Crippen molar-refractivity contribution in [3.05, 3.63) is 51.2 Å². The lowest BCUT2D eigenvalue weighted by Crippen LogP contribution is -2.14. The van der Waals surface area contributed by atoms with Gasteiger partial charge in [0.05, 0.1) is 15.1 Å². The highest BCUT2D eigenvalue weighted by Gasteiger charge is 2.17. The number of nitrogens with zero attached hydrogens (tertiary/aromatic N) is 1. The Balaban J connectivity index is 2.26. The number of benzene rings is 1. The Morgan fingerprint density at radius 1 is 1.25 bits per heavy atom. The molecule has 0 atom stereocenters. The molecule has 1 aromatic heterocycles. The summed E-state index contributed by atoms with van der Waals surface area (Å²) in [6.45, 7) is 0. The normalized spacial score (nSPS) is 10.4. The molecule has 0 radical (unpaired) electrons. The molecule has 1 aromatic carbocycles. The lowest BCUT2D eigenvalue weighted by molar-refractivity contribution is 0.102. The van der Waals surface area contributed by atoms with E-state index >= 15 is 0 Å². The minimum atomic E-state index is -0.438. The van der Waals surface area contributed by atoms with Gasteiger partial charge in [0.15, 0.2) is 0 Å². The van der Waals surface area contributed by atoms with Gasteiger partial charge in [-0.25, -0.2) is 4.98 Å². The van der Waals surface area contributed by atoms with Crippen LogP contribution in [0.15, 0.2) is 35.4 Å². The second kappa shape index (κ2) is 6.68. The fourth-order valence-corrected chi connectivity index (χ4v) is 2.52. The van der Waals surface area contributed by atoms with Crippen molar-refractivity contribution in [1.29, 1.82) is 0 Å². The van der Waals surface area contributed by atoms with Crippen LogP contribution in [0.4, 0.5) is 5.69 Å². The Kier molecular flexibility index (Phi) is 5.16. The highest BCUT2D eigenvalue weighted by molar-refractivity contribution is 7.98. The third-order valence-corrected chi connectivity index (χ3v) is 4.43. The van der Waals surface area contributed by atoms with Gasteiger partial charge in [-0.15, -0.1) is 11.8 Å². The summed E-state index contributed by atoms with van der Waals surface area (Å²) < 4.78 is 0. The summed E-state index contributed by atoms with van der Waals surface area (Å²) in [6.07, 6.45) is 3.25. The summed E-state index contributed by atoms with van der Waals surface area (Å²) in [7, 11) is 0. The number of hydrogen-bond donors (Lipinski definition) is 1. The molecule has 20 heavy (non-hydrogen) atoms. The van der Waals surface area contributed by atoms with Crippen LogP contribution in [0.3, 0.4) is 0 Å². The van der Waals surface area contributed by atoms with Gasteiger partial charge < -0.3 is 5.32 Å². The Hall–Kier alpha value is -0.940. The molecule has 1 N–H and O–H groups in total. The van der Waals surface area contributed by atoms with Crippen LogP contribution in [0.1, 0.15) is 10.5 Å². The number of thioether (sulfide) groups is 1. The molecule has 0 saturated carbocycles. The van der Waals surface area contributed by atoms with Crippen molar-refractivity contribution in [1.82, 2.24) is 4.98 Å². The molecule has 1 heterocycles. The first-order chi connectivity index (χ1) is 9.52. The average Bonchev–Trinajstić information content (AvgIpc) is 2.45. The molecule has 0 spiro atoms. The van der Waals surface area contributed by atoms with E-state index in [2.05, 4.69) is 10.3 Å². The summed E-state index contributed by atoms with van der Waals surface area (Å²) in [5, 5.41) is 3.08. The smallest absolute Gasteiger partial charge is 0.275 e. The van der Waals surface area contributed by atoms with Crippen LogP contribution in [-0.2, 0) is 0 Å². The zero-order valence-corrected chi connectivity index (χ0v) is 13.4. The number of amides is 1. The summed E-state index contributed by atoms with van der Waals surface area (Å²) >= 11 is 19.2. The molecule has 0 aliphatic rings. The van der Waals surface area contributed by atoms with Gasteiger partial charge in [-0.05, 0) is 24.5 Å². The third-order valence-electron chi connectivity index (χ3n) is 2.46. The molecule has 0 aliphatic carbocycles. The number of rotatable bonds is 3. The van der Waals surface area contributed by atoms with Crippen LogP contribution in [0.25, 0.3) is 0 Å². The lowest BCUT2D eigenvalue weighted by Gasteiger charge is -2.08. The van der Waals surface area contributed by atoms with Crippen LogP contribution in [-0.4, -0.2) is 17.1 Å². The number of aromatic nitrogens is 1. The van der Waals surface area contributed by atoms with Crippen molar-refractivity contribution in [2.75, 3.05) is 11.6 Å². The van der Waals surface area contributed by atoms with E-state index in [0.717, 1.165) is 4.90 Å². The molecule has 104 valence electrons. The maximum atomic E-state index is 12.1. The SMILES string of the molecule is CSc1cccc(NC(=O)c2ncc(Cl)c(Cl)c2Cl)c1. The number of carbonyl (C=O) groups is 1. The van der Waals surface area contributed by atoms with Gasteiger partial charge in [0, 0.05) is 16.8 Å². The zero-order valence-electron chi connectivity index (χ0n) is 10.3. The number of anilines is 1. The van der Waals surface area contributed by atoms with E-state index in [1.54, 1.807) is 17.8 Å². The monoisotopic (exact) mass is 346 g/mol. The molecule has 0 bridgehead atoms. The maximum absolute atomic E-state index is 12.1. The molecule has 0 aliphatic heterocycles. The van der Waals surface area contributed by atoms with Gasteiger partial charge in [0.1, 0.15) is 5.69 Å². The Bertz CT molecular complexity index is 664. The minimum Gasteiger partial charge on any atom is -0.321 e. The van der Waals surface area contributed by atoms with Crippen molar-refractivity contribution in [3.63, 3.8) is 0 Å². The molecule has 3 nitrogen and oxygen atoms in total. The van der Waals surface area contributed by atoms with Crippen molar-refractivity contribution in [2.45, 2.75) is 4.90 Å². The van der Waals surface area contributed by atoms with Crippen molar-refractivity contribution in [3.8, 4) is 0 Å². The number of hydrogen-bond acceptors (Lipinski definition) is 3. The topological polar surface area (TPSA) is 42.0 Å². The second-order valence-electron chi connectivity index (χ2n) is 3.77. The summed E-state index contributed by atoms with van der Waals surface area (Å²) in [4.78, 5) is 17.1. The fraction of sp³-hybridized carbons (Fsp3) is 0.0769. The molecule has 1 amide bonds. The van der Waals surface area contributed by atoms with E-state index in [1.807, 2.05) is 24.5 Å². The van der Waals surface area contributed by atoms with E-state index in [9.17, 15) is 4.79 Å². The highest BCUT2D eigenvalue weighted by Crippen LogP contribution is 2.31. The molecule has 0 unspecified atom stereocenters. The van der Waals surface area contributed by atoms with Crippen molar-refractivity contribution in [2.24, 2.45) is 0 Å². The van der Waals surface area contributed by atoms with E-state index in [4.69, 9.17) is 34.8 Å². The average molecular weight is 348 g/mol. The lowest BCUT2D eigenvalue weighted by atomic mass is 10.3. The molecular weight excluding hydrogens is 339 g/mol. The van der Waals surface area contributed by atoms with Crippen molar-refractivity contribution >= 4 is 58.2 Å². The molecule has 0 saturated heterocycles. The quantitative estimate of drug-likeness (QED) is 0.793. The van der Waals surface area contributed by atoms with Crippen molar-refractivity contribution < 1.29 is 4.79 Å². The standard InChI is InChI=1S/C13H9Cl3N2OS/c1-20-8-4-2-3-7(5-8)18-13(19)12-11(16)10(15)9(14)6-17-12/h2-6H,1H3,(H,18,19). The largest absolute Gasteiger partial charge is 0.321 e. The highest BCUT2D eigenvalue weighted by atomic mass is 35.5. The summed E-state index contributed by atoms with van der Waals surface area (Å²) in [5.41, 5.74) is 0.696. The predicted molar refractivity (Wildman–Crippen MR) is 85.4 cm³/mol. The Labute approximate surface area is 135 Å². The maximum Gasteiger partial charge on any atom is 0.275 e. The molecule has 7 heteroatoms. The van der Waals surface area contributed by atoms with Gasteiger partial charge in [-0.1, -0.05) is 40.9 Å². The predicted octanol–water partition coefficient (Wildman–Crippen LogP) is 5.02. The minimum absolute atomic E-state index is 0.0376. The van der Waals surface area contributed by atoms with Crippen LogP contribution in [0, 0.1) is 0 Å². The zero-order chi connectivity index (χ0) is 14.7. The van der Waals surface area contributed by atoms with Crippen LogP contribution in [0.2, 0.25) is 15.1 Å². The first-order valence-electron chi connectivity index (χ1n) is 5.48. The number of halogens is 3. The summed E-state index contributed by atoms with van der Waals surface area (Å²) in [6, 6.07) is 7.44. The summed E-state index contributed by atoms with van der Waals surface area (Å²) in [5.74, 6) is -0.438. The molecular formula is C13H9Cl3N2OS. The van der Waals surface area contributed by atoms with Gasteiger partial charge in [0.2, 0.25) is 0 Å². The van der Waals surface area contributed by atoms with Crippen LogP contribution < -0.4 is 5.32 Å². The van der Waals surface area contributed by atoms with E-state index in [0.29, 0.717) is 5.69 Å². The first-order valence-corrected chi connectivity index (χ1v) is 7.83. The molecule has 2 rings (SSSR count). The number of pyridine rings is 1. The van der Waals surface area contributed by atoms with E-state index in [1.165, 1.54) is 6.20 Å². The second-order valence-corrected chi connectivity index (χ2v) is 5.81. The molecule has 2 aromatic rings. The number of carbonyl (C=O) groups excluding carboxylic acids is 1. The van der Waals surface area contributed by atoms with E-state index < -0.39 is 5.91 Å². The van der Waals surface area contributed by atoms with Gasteiger partial charge in [0.25, 0.3) is 5.91 Å². The fourth-order valence-electron chi connectivity index (χ4n) is 1.49. The van der Waals surface area contributed by atoms with Crippen LogP contribution in [0.5, 0.6) is 0 Å². The first kappa shape index (κ1) is 15.4. The van der Waals surface area contributed by atoms with Gasteiger partial charge >= 0.3 is 0 Å². The van der Waals surface area contributed by atoms with Gasteiger partial charge in [-0.3, -0.25) is 4.79 Å². The molecule has 0 fully saturated rings. The van der Waals surface area contributed by atoms with E-state index in [-0.39, 0.29) is 20.8 Å². The van der Waals surface area contributed by atoms with Gasteiger partial charge in [-0.2, -0.15) is 0 Å². The van der Waals surface area contributed by atoms with Crippen LogP contribution >= 0.6 is 46.6 Å². The third kappa shape index (κ3) is 3.38. The Morgan fingerprint density at radius 3 is 2.70 bits per heavy atom. The Morgan fingerprint density at radius 2 is 2.00 bits per heavy atom. The number of nitrogens with one attached hydrogen (secondary N) is 1.